The van der Waals surface area contributed by atoms with E-state index < -0.39 is 46.4 Å². The zero-order chi connectivity index (χ0) is 24.5. The van der Waals surface area contributed by atoms with Crippen molar-refractivity contribution in [2.45, 2.75) is 66.0 Å². The monoisotopic (exact) mass is 445 g/mol. The molecule has 0 aliphatic heterocycles. The predicted molar refractivity (Wildman–Crippen MR) is 117 cm³/mol. The maximum absolute atomic E-state index is 12.9. The molecule has 1 N–H and O–H groups in total. The number of methoxy groups -OCH3 is 1. The summed E-state index contributed by atoms with van der Waals surface area (Å²) in [7, 11) is 1.14. The molecule has 2 rings (SSSR count). The molecular weight excluding hydrogens is 418 g/mol. The second-order valence-corrected chi connectivity index (χ2v) is 8.65. The van der Waals surface area contributed by atoms with Crippen LogP contribution in [0.4, 0.5) is 22.0 Å². The Kier molecular flexibility index (Phi) is 6.73. The number of nitrogens with zero attached hydrogens (tertiary/aromatic N) is 7. The average Bonchev–Trinajstić information content (AvgIpc) is 3.05. The van der Waals surface area contributed by atoms with Crippen LogP contribution >= 0.6 is 0 Å². The summed E-state index contributed by atoms with van der Waals surface area (Å²) >= 11 is 0. The highest BCUT2D eigenvalue weighted by Gasteiger charge is 2.30. The summed E-state index contributed by atoms with van der Waals surface area (Å²) in [5.74, 6) is -0.922. The summed E-state index contributed by atoms with van der Waals surface area (Å²) in [6.45, 7) is 19.6. The van der Waals surface area contributed by atoms with Gasteiger partial charge < -0.3 is 9.84 Å². The van der Waals surface area contributed by atoms with Crippen LogP contribution < -0.4 is 11.2 Å². The third-order valence-corrected chi connectivity index (χ3v) is 4.56. The Hall–Kier alpha value is -3.75. The molecule has 0 radical (unpaired) electrons. The normalized spacial score (nSPS) is 12.0. The Morgan fingerprint density at radius 2 is 1.69 bits per heavy atom. The van der Waals surface area contributed by atoms with Gasteiger partial charge in [-0.3, -0.25) is 13.9 Å². The number of hydrogen-bond donors (Lipinski definition) is 1. The smallest absolute Gasteiger partial charge is 0.435 e. The number of azo groups is 1. The Bertz CT molecular complexity index is 1230. The Morgan fingerprint density at radius 3 is 2.12 bits per heavy atom. The second kappa shape index (κ2) is 8.78. The molecule has 2 aromatic rings. The lowest BCUT2D eigenvalue weighted by atomic mass is 9.91. The standard InChI is InChI=1S/C20H27N7O5/c1-10(2)25-16(28)13(17(29)26(11(3)4)18(25)30)22-23-15-12(21-8)14(20(5,6)7)24-27(15)19(31)32-9/h10-11,28H,1-7,9H3. The van der Waals surface area contributed by atoms with Crippen LogP contribution in [0.25, 0.3) is 4.85 Å². The molecule has 2 heterocycles. The third-order valence-electron chi connectivity index (χ3n) is 4.56. The number of aromatic nitrogens is 4. The van der Waals surface area contributed by atoms with E-state index in [4.69, 9.17) is 11.3 Å². The van der Waals surface area contributed by atoms with Crippen molar-refractivity contribution in [3.05, 3.63) is 37.9 Å². The van der Waals surface area contributed by atoms with Gasteiger partial charge in [-0.2, -0.15) is 9.78 Å². The first-order valence-corrected chi connectivity index (χ1v) is 9.88. The van der Waals surface area contributed by atoms with E-state index in [2.05, 4.69) is 20.2 Å². The van der Waals surface area contributed by atoms with Gasteiger partial charge in [-0.1, -0.05) is 20.8 Å². The Morgan fingerprint density at radius 1 is 1.12 bits per heavy atom. The molecular formula is C20H27N7O5. The van der Waals surface area contributed by atoms with Crippen LogP contribution in [0, 0.1) is 6.57 Å². The molecule has 0 aliphatic rings. The van der Waals surface area contributed by atoms with Crippen LogP contribution in [0.1, 0.15) is 66.2 Å². The lowest BCUT2D eigenvalue weighted by Gasteiger charge is -2.17. The molecule has 0 fully saturated rings. The summed E-state index contributed by atoms with van der Waals surface area (Å²) in [4.78, 5) is 41.3. The van der Waals surface area contributed by atoms with Crippen LogP contribution in [0.5, 0.6) is 5.88 Å². The van der Waals surface area contributed by atoms with E-state index >= 15 is 0 Å². The molecule has 0 aromatic carbocycles. The van der Waals surface area contributed by atoms with Crippen molar-refractivity contribution < 1.29 is 14.6 Å². The number of carbonyl (C=O) groups excluding carboxylic acids is 1. The first-order chi connectivity index (χ1) is 14.8. The van der Waals surface area contributed by atoms with Gasteiger partial charge in [0.1, 0.15) is 0 Å². The SMILES string of the molecule is [C-]#[N+]c1c(C(C)(C)C)nn(C(=O)OC)c1N=Nc1c(O)n(C(C)C)c(=O)n(C(C)C)c1=O. The molecule has 0 bridgehead atoms. The van der Waals surface area contributed by atoms with Crippen LogP contribution in [-0.2, 0) is 10.2 Å². The van der Waals surface area contributed by atoms with E-state index in [1.807, 2.05) is 0 Å². The first kappa shape index (κ1) is 24.5. The van der Waals surface area contributed by atoms with Gasteiger partial charge >= 0.3 is 11.8 Å². The minimum atomic E-state index is -0.907. The number of carbonyl (C=O) groups is 1. The number of rotatable bonds is 4. The van der Waals surface area contributed by atoms with Gasteiger partial charge in [0.15, 0.2) is 5.82 Å². The number of aromatic hydroxyl groups is 1. The van der Waals surface area contributed by atoms with Gasteiger partial charge in [0.2, 0.25) is 11.6 Å². The zero-order valence-electron chi connectivity index (χ0n) is 19.4. The van der Waals surface area contributed by atoms with Crippen molar-refractivity contribution in [2.24, 2.45) is 10.2 Å². The van der Waals surface area contributed by atoms with Gasteiger partial charge in [0, 0.05) is 12.1 Å². The zero-order valence-corrected chi connectivity index (χ0v) is 19.4. The largest absolute Gasteiger partial charge is 0.493 e. The Balaban J connectivity index is 2.89. The minimum Gasteiger partial charge on any atom is -0.493 e. The average molecular weight is 445 g/mol. The molecule has 0 spiro atoms. The molecule has 12 heteroatoms. The molecule has 0 saturated carbocycles. The molecule has 0 unspecified atom stereocenters. The third kappa shape index (κ3) is 4.18. The molecule has 0 atom stereocenters. The fraction of sp³-hybridized carbons (Fsp3) is 0.550. The van der Waals surface area contributed by atoms with Crippen LogP contribution in [0.15, 0.2) is 19.8 Å². The van der Waals surface area contributed by atoms with Gasteiger partial charge in [-0.25, -0.2) is 14.4 Å². The quantitative estimate of drug-likeness (QED) is 0.559. The van der Waals surface area contributed by atoms with E-state index in [0.717, 1.165) is 20.9 Å². The molecule has 0 aliphatic carbocycles. The number of hydrogen-bond acceptors (Lipinski definition) is 8. The maximum Gasteiger partial charge on any atom is 0.435 e. The van der Waals surface area contributed by atoms with E-state index in [1.165, 1.54) is 0 Å². The van der Waals surface area contributed by atoms with Crippen molar-refractivity contribution >= 4 is 23.3 Å². The lowest BCUT2D eigenvalue weighted by molar-refractivity contribution is 0.169. The summed E-state index contributed by atoms with van der Waals surface area (Å²) in [6, 6.07) is -0.990. The fourth-order valence-electron chi connectivity index (χ4n) is 3.04. The van der Waals surface area contributed by atoms with E-state index in [-0.39, 0.29) is 17.2 Å². The maximum atomic E-state index is 12.9. The van der Waals surface area contributed by atoms with Crippen molar-refractivity contribution in [1.82, 2.24) is 18.9 Å². The second-order valence-electron chi connectivity index (χ2n) is 8.65. The van der Waals surface area contributed by atoms with Gasteiger partial charge in [-0.05, 0) is 33.1 Å². The highest BCUT2D eigenvalue weighted by Crippen LogP contribution is 2.39. The van der Waals surface area contributed by atoms with Crippen LogP contribution in [0.2, 0.25) is 0 Å². The van der Waals surface area contributed by atoms with Gasteiger partial charge in [-0.15, -0.1) is 10.2 Å². The molecule has 172 valence electrons. The van der Waals surface area contributed by atoms with Gasteiger partial charge in [0.25, 0.3) is 11.2 Å². The van der Waals surface area contributed by atoms with Crippen molar-refractivity contribution in [2.75, 3.05) is 7.11 Å². The number of ether oxygens (including phenoxy) is 1. The summed E-state index contributed by atoms with van der Waals surface area (Å²) in [5.41, 5.74) is -2.42. The van der Waals surface area contributed by atoms with Crippen molar-refractivity contribution in [3.8, 4) is 5.88 Å². The molecule has 32 heavy (non-hydrogen) atoms. The van der Waals surface area contributed by atoms with Crippen LogP contribution in [-0.4, -0.2) is 37.2 Å². The predicted octanol–water partition coefficient (Wildman–Crippen LogP) is 3.95. The fourth-order valence-corrected chi connectivity index (χ4v) is 3.04. The highest BCUT2D eigenvalue weighted by molar-refractivity contribution is 5.80. The van der Waals surface area contributed by atoms with E-state index in [9.17, 15) is 19.5 Å². The lowest BCUT2D eigenvalue weighted by Crippen LogP contribution is -2.41. The van der Waals surface area contributed by atoms with E-state index in [0.29, 0.717) is 0 Å². The van der Waals surface area contributed by atoms with Crippen molar-refractivity contribution in [3.63, 3.8) is 0 Å². The molecule has 0 saturated heterocycles. The van der Waals surface area contributed by atoms with Crippen LogP contribution in [0.3, 0.4) is 0 Å². The van der Waals surface area contributed by atoms with Crippen molar-refractivity contribution in [1.29, 1.82) is 0 Å². The first-order valence-electron chi connectivity index (χ1n) is 9.88. The molecule has 2 aromatic heterocycles. The summed E-state index contributed by atoms with van der Waals surface area (Å²) < 4.78 is 7.45. The Labute approximate surface area is 184 Å². The minimum absolute atomic E-state index is 0.0486. The molecule has 12 nitrogen and oxygen atoms in total. The topological polar surface area (TPSA) is 137 Å². The van der Waals surface area contributed by atoms with E-state index in [1.54, 1.807) is 48.5 Å². The summed E-state index contributed by atoms with van der Waals surface area (Å²) in [6.07, 6.45) is -0.907. The molecule has 0 amide bonds. The van der Waals surface area contributed by atoms with Gasteiger partial charge in [0.05, 0.1) is 19.4 Å². The summed E-state index contributed by atoms with van der Waals surface area (Å²) in [5, 5.41) is 22.6. The highest BCUT2D eigenvalue weighted by atomic mass is 16.5.